The first kappa shape index (κ1) is 30.4. The van der Waals surface area contributed by atoms with Crippen molar-refractivity contribution in [1.29, 1.82) is 0 Å². The van der Waals surface area contributed by atoms with Gasteiger partial charge in [-0.3, -0.25) is 4.79 Å². The number of hydrogen-bond acceptors (Lipinski definition) is 6. The third kappa shape index (κ3) is 11.0. The lowest BCUT2D eigenvalue weighted by Crippen LogP contribution is -2.50. The van der Waals surface area contributed by atoms with Crippen LogP contribution in [0.25, 0.3) is 0 Å². The van der Waals surface area contributed by atoms with Crippen LogP contribution >= 0.6 is 0 Å². The molecule has 0 radical (unpaired) electrons. The fraction of sp³-hybridized carbons (Fsp3) is 0.833. The average Bonchev–Trinajstić information content (AvgIpc) is 2.87. The molecule has 0 amide bonds. The van der Waals surface area contributed by atoms with Gasteiger partial charge < -0.3 is 14.2 Å². The maximum absolute atomic E-state index is 13.2. The molecule has 2 saturated carbocycles. The van der Waals surface area contributed by atoms with E-state index in [0.717, 1.165) is 56.9 Å². The van der Waals surface area contributed by atoms with Crippen molar-refractivity contribution in [3.8, 4) is 0 Å². The van der Waals surface area contributed by atoms with Crippen molar-refractivity contribution < 1.29 is 28.6 Å². The quantitative estimate of drug-likeness (QED) is 0.0951. The Morgan fingerprint density at radius 2 is 1.53 bits per heavy atom. The molecule has 2 aliphatic rings. The molecule has 0 aromatic heterocycles. The molecule has 206 valence electrons. The van der Waals surface area contributed by atoms with E-state index in [-0.39, 0.29) is 18.5 Å². The Kier molecular flexibility index (Phi) is 14.2. The minimum atomic E-state index is -1.43. The Morgan fingerprint density at radius 1 is 0.889 bits per heavy atom. The lowest BCUT2D eigenvalue weighted by Gasteiger charge is -2.38. The zero-order valence-electron chi connectivity index (χ0n) is 22.9. The first-order valence-electron chi connectivity index (χ1n) is 14.6. The van der Waals surface area contributed by atoms with Gasteiger partial charge in [0.25, 0.3) is 0 Å². The van der Waals surface area contributed by atoms with Gasteiger partial charge >= 0.3 is 17.9 Å². The summed E-state index contributed by atoms with van der Waals surface area (Å²) in [5.74, 6) is -1.16. The summed E-state index contributed by atoms with van der Waals surface area (Å²) < 4.78 is 16.9. The van der Waals surface area contributed by atoms with E-state index in [9.17, 15) is 14.4 Å². The third-order valence-corrected chi connectivity index (χ3v) is 7.62. The van der Waals surface area contributed by atoms with Crippen molar-refractivity contribution in [3.05, 3.63) is 12.7 Å². The molecule has 2 rings (SSSR count). The Morgan fingerprint density at radius 3 is 2.17 bits per heavy atom. The van der Waals surface area contributed by atoms with Crippen molar-refractivity contribution in [3.63, 3.8) is 0 Å². The van der Waals surface area contributed by atoms with E-state index < -0.39 is 23.5 Å². The number of unbranched alkanes of at least 4 members (excludes halogenated alkanes) is 7. The molecular formula is C30H50O6. The first-order chi connectivity index (χ1) is 17.4. The summed E-state index contributed by atoms with van der Waals surface area (Å²) in [6, 6.07) is 0. The fourth-order valence-electron chi connectivity index (χ4n) is 5.44. The highest BCUT2D eigenvalue weighted by Crippen LogP contribution is 2.38. The van der Waals surface area contributed by atoms with Gasteiger partial charge in [0, 0.05) is 12.5 Å². The summed E-state index contributed by atoms with van der Waals surface area (Å²) in [7, 11) is 0. The molecule has 6 nitrogen and oxygen atoms in total. The number of ether oxygens (including phenoxy) is 3. The van der Waals surface area contributed by atoms with Crippen LogP contribution in [0.2, 0.25) is 0 Å². The monoisotopic (exact) mass is 506 g/mol. The van der Waals surface area contributed by atoms with E-state index in [1.165, 1.54) is 44.9 Å². The van der Waals surface area contributed by atoms with Gasteiger partial charge in [-0.05, 0) is 57.3 Å². The van der Waals surface area contributed by atoms with Crippen LogP contribution in [0, 0.1) is 11.8 Å². The average molecular weight is 507 g/mol. The molecule has 2 aliphatic carbocycles. The summed E-state index contributed by atoms with van der Waals surface area (Å²) in [6.07, 6.45) is 18.4. The van der Waals surface area contributed by atoms with Crippen molar-refractivity contribution in [2.24, 2.45) is 11.8 Å². The molecular weight excluding hydrogens is 456 g/mol. The lowest BCUT2D eigenvalue weighted by atomic mass is 9.77. The molecule has 0 saturated heterocycles. The van der Waals surface area contributed by atoms with Gasteiger partial charge in [0.15, 0.2) is 0 Å². The van der Waals surface area contributed by atoms with E-state index in [1.807, 2.05) is 0 Å². The fourth-order valence-corrected chi connectivity index (χ4v) is 5.44. The number of carbonyl (C=O) groups is 3. The zero-order valence-corrected chi connectivity index (χ0v) is 22.9. The Bertz CT molecular complexity index is 681. The van der Waals surface area contributed by atoms with Gasteiger partial charge in [0.1, 0.15) is 6.10 Å². The van der Waals surface area contributed by atoms with Crippen molar-refractivity contribution in [1.82, 2.24) is 0 Å². The van der Waals surface area contributed by atoms with Crippen LogP contribution in [0.1, 0.15) is 129 Å². The standard InChI is InChI=1S/C30H50O6/c1-4-27(31)36-30(29(33)35-26-19-13-11-14-20-26)21-16-18-25(23-30)28(32)34-22-15-10-8-6-5-7-9-12-17-24(2)3/h4,24-26H,1,5-23H2,2-3H3. The molecule has 0 bridgehead atoms. The van der Waals surface area contributed by atoms with Gasteiger partial charge in [-0.2, -0.15) is 0 Å². The Labute approximate surface area is 218 Å². The van der Waals surface area contributed by atoms with Gasteiger partial charge in [-0.25, -0.2) is 9.59 Å². The summed E-state index contributed by atoms with van der Waals surface area (Å²) in [4.78, 5) is 38.1. The smallest absolute Gasteiger partial charge is 0.350 e. The topological polar surface area (TPSA) is 78.9 Å². The van der Waals surface area contributed by atoms with Crippen LogP contribution in [0.3, 0.4) is 0 Å². The number of rotatable bonds is 16. The highest BCUT2D eigenvalue weighted by molar-refractivity contribution is 5.88. The highest BCUT2D eigenvalue weighted by Gasteiger charge is 2.50. The highest BCUT2D eigenvalue weighted by atomic mass is 16.6. The Balaban J connectivity index is 1.73. The van der Waals surface area contributed by atoms with Crippen LogP contribution in [0.4, 0.5) is 0 Å². The van der Waals surface area contributed by atoms with E-state index in [4.69, 9.17) is 14.2 Å². The summed E-state index contributed by atoms with van der Waals surface area (Å²) in [6.45, 7) is 8.42. The minimum Gasteiger partial charge on any atom is -0.465 e. The molecule has 0 aromatic carbocycles. The number of esters is 3. The second kappa shape index (κ2) is 16.8. The second-order valence-electron chi connectivity index (χ2n) is 11.3. The van der Waals surface area contributed by atoms with Crippen LogP contribution in [-0.2, 0) is 28.6 Å². The number of carbonyl (C=O) groups excluding carboxylic acids is 3. The zero-order chi connectivity index (χ0) is 26.2. The Hall–Kier alpha value is -1.85. The van der Waals surface area contributed by atoms with Crippen molar-refractivity contribution in [2.45, 2.75) is 141 Å². The number of hydrogen-bond donors (Lipinski definition) is 0. The van der Waals surface area contributed by atoms with Crippen LogP contribution in [0.5, 0.6) is 0 Å². The predicted octanol–water partition coefficient (Wildman–Crippen LogP) is 7.23. The molecule has 0 spiro atoms. The molecule has 0 N–H and O–H groups in total. The lowest BCUT2D eigenvalue weighted by molar-refractivity contribution is -0.192. The van der Waals surface area contributed by atoms with Crippen LogP contribution < -0.4 is 0 Å². The van der Waals surface area contributed by atoms with Gasteiger partial charge in [-0.15, -0.1) is 0 Å². The van der Waals surface area contributed by atoms with E-state index >= 15 is 0 Å². The molecule has 6 heteroatoms. The van der Waals surface area contributed by atoms with E-state index in [2.05, 4.69) is 20.4 Å². The SMILES string of the molecule is C=CC(=O)OC1(C(=O)OC2CCCCC2)CCCC(C(=O)OCCCCCCCCCCC(C)C)C1. The molecule has 36 heavy (non-hydrogen) atoms. The summed E-state index contributed by atoms with van der Waals surface area (Å²) in [5.41, 5.74) is -1.43. The molecule has 2 unspecified atom stereocenters. The molecule has 0 aromatic rings. The summed E-state index contributed by atoms with van der Waals surface area (Å²) >= 11 is 0. The third-order valence-electron chi connectivity index (χ3n) is 7.62. The predicted molar refractivity (Wildman–Crippen MR) is 141 cm³/mol. The molecule has 0 aliphatic heterocycles. The normalized spacial score (nSPS) is 22.7. The molecule has 2 fully saturated rings. The van der Waals surface area contributed by atoms with Crippen molar-refractivity contribution >= 4 is 17.9 Å². The molecule has 0 heterocycles. The van der Waals surface area contributed by atoms with Gasteiger partial charge in [0.05, 0.1) is 12.5 Å². The largest absolute Gasteiger partial charge is 0.465 e. The van der Waals surface area contributed by atoms with Crippen LogP contribution in [0.15, 0.2) is 12.7 Å². The maximum atomic E-state index is 13.2. The second-order valence-corrected chi connectivity index (χ2v) is 11.3. The van der Waals surface area contributed by atoms with Crippen LogP contribution in [-0.4, -0.2) is 36.2 Å². The maximum Gasteiger partial charge on any atom is 0.350 e. The van der Waals surface area contributed by atoms with E-state index in [1.54, 1.807) is 0 Å². The van der Waals surface area contributed by atoms with E-state index in [0.29, 0.717) is 25.9 Å². The van der Waals surface area contributed by atoms with Gasteiger partial charge in [-0.1, -0.05) is 78.2 Å². The first-order valence-corrected chi connectivity index (χ1v) is 14.6. The minimum absolute atomic E-state index is 0.119. The molecule has 2 atom stereocenters. The van der Waals surface area contributed by atoms with Gasteiger partial charge in [0.2, 0.25) is 5.60 Å². The van der Waals surface area contributed by atoms with Crippen molar-refractivity contribution in [2.75, 3.05) is 6.61 Å². The summed E-state index contributed by atoms with van der Waals surface area (Å²) in [5, 5.41) is 0.